The van der Waals surface area contributed by atoms with Gasteiger partial charge in [-0.3, -0.25) is 4.90 Å². The zero-order chi connectivity index (χ0) is 15.4. The van der Waals surface area contributed by atoms with E-state index in [1.54, 1.807) is 12.1 Å². The van der Waals surface area contributed by atoms with Crippen molar-refractivity contribution < 1.29 is 14.3 Å². The first kappa shape index (κ1) is 15.0. The normalized spacial score (nSPS) is 15.5. The molecule has 0 radical (unpaired) electrons. The van der Waals surface area contributed by atoms with Gasteiger partial charge in [0.15, 0.2) is 0 Å². The number of piperazine rings is 1. The van der Waals surface area contributed by atoms with Crippen LogP contribution in [0.3, 0.4) is 0 Å². The van der Waals surface area contributed by atoms with Crippen LogP contribution in [-0.4, -0.2) is 48.7 Å². The molecule has 6 heteroatoms. The summed E-state index contributed by atoms with van der Waals surface area (Å²) in [5.41, 5.74) is 0.807. The maximum absolute atomic E-state index is 13.6. The summed E-state index contributed by atoms with van der Waals surface area (Å²) in [4.78, 5) is 14.7. The average molecular weight is 289 g/mol. The van der Waals surface area contributed by atoms with E-state index in [1.165, 1.54) is 6.07 Å². The van der Waals surface area contributed by atoms with E-state index in [1.807, 2.05) is 15.9 Å². The van der Waals surface area contributed by atoms with E-state index in [0.29, 0.717) is 38.4 Å². The molecule has 2 rings (SSSR count). The Morgan fingerprint density at radius 2 is 2.05 bits per heavy atom. The maximum Gasteiger partial charge on any atom is 0.332 e. The van der Waals surface area contributed by atoms with Gasteiger partial charge >= 0.3 is 5.97 Å². The second-order valence-electron chi connectivity index (χ2n) is 4.92. The van der Waals surface area contributed by atoms with Crippen LogP contribution in [-0.2, 0) is 4.79 Å². The molecule has 0 spiro atoms. The molecular formula is C15H16FN3O2. The summed E-state index contributed by atoms with van der Waals surface area (Å²) in [6.45, 7) is 6.36. The Labute approximate surface area is 122 Å². The largest absolute Gasteiger partial charge is 0.478 e. The number of halogens is 1. The highest BCUT2D eigenvalue weighted by atomic mass is 19.1. The Kier molecular flexibility index (Phi) is 4.55. The van der Waals surface area contributed by atoms with Gasteiger partial charge in [0.1, 0.15) is 17.4 Å². The first-order valence-electron chi connectivity index (χ1n) is 6.60. The molecule has 1 aliphatic rings. The quantitative estimate of drug-likeness (QED) is 0.850. The summed E-state index contributed by atoms with van der Waals surface area (Å²) in [7, 11) is 0. The van der Waals surface area contributed by atoms with E-state index in [0.717, 1.165) is 0 Å². The summed E-state index contributed by atoms with van der Waals surface area (Å²) < 4.78 is 13.6. The highest BCUT2D eigenvalue weighted by Gasteiger charge is 2.21. The summed E-state index contributed by atoms with van der Waals surface area (Å²) in [6.07, 6.45) is 0. The standard InChI is InChI=1S/C15H16FN3O2/c1-11(15(20)21)10-18-5-7-19(8-6-18)14-4-2-3-13(16)12(14)9-17/h2-4H,1,5-8,10H2,(H,20,21). The van der Waals surface area contributed by atoms with Crippen molar-refractivity contribution >= 4 is 11.7 Å². The lowest BCUT2D eigenvalue weighted by Gasteiger charge is -2.36. The predicted molar refractivity (Wildman–Crippen MR) is 76.5 cm³/mol. The molecule has 1 N–H and O–H groups in total. The fourth-order valence-electron chi connectivity index (χ4n) is 2.37. The van der Waals surface area contributed by atoms with E-state index in [2.05, 4.69) is 6.58 Å². The predicted octanol–water partition coefficient (Wildman–Crippen LogP) is 1.46. The minimum atomic E-state index is -0.991. The van der Waals surface area contributed by atoms with Gasteiger partial charge in [-0.25, -0.2) is 9.18 Å². The molecule has 0 atom stereocenters. The molecule has 0 amide bonds. The molecule has 0 saturated carbocycles. The summed E-state index contributed by atoms with van der Waals surface area (Å²) in [5, 5.41) is 17.9. The van der Waals surface area contributed by atoms with Crippen molar-refractivity contribution in [3.63, 3.8) is 0 Å². The molecule has 1 heterocycles. The number of benzene rings is 1. The lowest BCUT2D eigenvalue weighted by atomic mass is 10.1. The third-order valence-corrected chi connectivity index (χ3v) is 3.53. The Morgan fingerprint density at radius 1 is 1.38 bits per heavy atom. The number of anilines is 1. The van der Waals surface area contributed by atoms with Crippen LogP contribution in [0.4, 0.5) is 10.1 Å². The van der Waals surface area contributed by atoms with Gasteiger partial charge in [0, 0.05) is 38.3 Å². The van der Waals surface area contributed by atoms with Gasteiger partial charge in [0.2, 0.25) is 0 Å². The molecule has 5 nitrogen and oxygen atoms in total. The van der Waals surface area contributed by atoms with E-state index in [-0.39, 0.29) is 11.1 Å². The van der Waals surface area contributed by atoms with Crippen LogP contribution in [0, 0.1) is 17.1 Å². The molecule has 110 valence electrons. The summed E-state index contributed by atoms with van der Waals surface area (Å²) in [6, 6.07) is 6.49. The van der Waals surface area contributed by atoms with Crippen molar-refractivity contribution in [2.45, 2.75) is 0 Å². The van der Waals surface area contributed by atoms with Gasteiger partial charge in [-0.2, -0.15) is 5.26 Å². The Bertz CT molecular complexity index is 601. The summed E-state index contributed by atoms with van der Waals surface area (Å²) >= 11 is 0. The number of carbonyl (C=O) groups is 1. The summed E-state index contributed by atoms with van der Waals surface area (Å²) in [5.74, 6) is -1.51. The van der Waals surface area contributed by atoms with Gasteiger partial charge < -0.3 is 10.0 Å². The number of nitrogens with zero attached hydrogens (tertiary/aromatic N) is 3. The lowest BCUT2D eigenvalue weighted by Crippen LogP contribution is -2.47. The van der Waals surface area contributed by atoms with Gasteiger partial charge in [0.25, 0.3) is 0 Å². The molecule has 0 bridgehead atoms. The van der Waals surface area contributed by atoms with E-state index in [9.17, 15) is 9.18 Å². The van der Waals surface area contributed by atoms with Crippen molar-refractivity contribution in [1.82, 2.24) is 4.90 Å². The van der Waals surface area contributed by atoms with Gasteiger partial charge in [-0.05, 0) is 12.1 Å². The first-order chi connectivity index (χ1) is 10.0. The Morgan fingerprint density at radius 3 is 2.62 bits per heavy atom. The third kappa shape index (κ3) is 3.38. The number of nitriles is 1. The van der Waals surface area contributed by atoms with Gasteiger partial charge in [-0.15, -0.1) is 0 Å². The number of carboxylic acids is 1. The first-order valence-corrected chi connectivity index (χ1v) is 6.60. The van der Waals surface area contributed by atoms with Crippen molar-refractivity contribution in [1.29, 1.82) is 5.26 Å². The molecular weight excluding hydrogens is 273 g/mol. The third-order valence-electron chi connectivity index (χ3n) is 3.53. The zero-order valence-electron chi connectivity index (χ0n) is 11.5. The van der Waals surface area contributed by atoms with Crippen molar-refractivity contribution in [2.24, 2.45) is 0 Å². The maximum atomic E-state index is 13.6. The smallest absolute Gasteiger partial charge is 0.332 e. The molecule has 1 aliphatic heterocycles. The number of carboxylic acid groups (broad SMARTS) is 1. The molecule has 1 fully saturated rings. The van der Waals surface area contributed by atoms with E-state index < -0.39 is 11.8 Å². The van der Waals surface area contributed by atoms with E-state index >= 15 is 0 Å². The second-order valence-corrected chi connectivity index (χ2v) is 4.92. The molecule has 1 aromatic carbocycles. The highest BCUT2D eigenvalue weighted by molar-refractivity contribution is 5.86. The van der Waals surface area contributed by atoms with Crippen molar-refractivity contribution in [3.05, 3.63) is 41.7 Å². The van der Waals surface area contributed by atoms with Crippen LogP contribution >= 0.6 is 0 Å². The van der Waals surface area contributed by atoms with Crippen LogP contribution in [0.2, 0.25) is 0 Å². The Balaban J connectivity index is 2.02. The van der Waals surface area contributed by atoms with Gasteiger partial charge in [0.05, 0.1) is 5.69 Å². The van der Waals surface area contributed by atoms with Crippen molar-refractivity contribution in [3.8, 4) is 6.07 Å². The minimum Gasteiger partial charge on any atom is -0.478 e. The molecule has 1 aromatic rings. The number of hydrogen-bond donors (Lipinski definition) is 1. The fraction of sp³-hybridized carbons (Fsp3) is 0.333. The lowest BCUT2D eigenvalue weighted by molar-refractivity contribution is -0.132. The van der Waals surface area contributed by atoms with Crippen LogP contribution in [0.25, 0.3) is 0 Å². The number of hydrogen-bond acceptors (Lipinski definition) is 4. The SMILES string of the molecule is C=C(CN1CCN(c2cccc(F)c2C#N)CC1)C(=O)O. The topological polar surface area (TPSA) is 67.6 Å². The second kappa shape index (κ2) is 6.37. The molecule has 1 saturated heterocycles. The molecule has 0 aromatic heterocycles. The minimum absolute atomic E-state index is 0.0564. The van der Waals surface area contributed by atoms with Crippen LogP contribution in [0.5, 0.6) is 0 Å². The zero-order valence-corrected chi connectivity index (χ0v) is 11.5. The van der Waals surface area contributed by atoms with Crippen LogP contribution in [0.1, 0.15) is 5.56 Å². The van der Waals surface area contributed by atoms with Crippen molar-refractivity contribution in [2.75, 3.05) is 37.6 Å². The fourth-order valence-corrected chi connectivity index (χ4v) is 2.37. The monoisotopic (exact) mass is 289 g/mol. The van der Waals surface area contributed by atoms with Crippen LogP contribution in [0.15, 0.2) is 30.4 Å². The van der Waals surface area contributed by atoms with Gasteiger partial charge in [-0.1, -0.05) is 12.6 Å². The number of aliphatic carboxylic acids is 1. The number of rotatable bonds is 4. The molecule has 21 heavy (non-hydrogen) atoms. The average Bonchev–Trinajstić information content (AvgIpc) is 2.47. The van der Waals surface area contributed by atoms with E-state index in [4.69, 9.17) is 10.4 Å². The van der Waals surface area contributed by atoms with Crippen LogP contribution < -0.4 is 4.90 Å². The molecule has 0 unspecified atom stereocenters. The molecule has 0 aliphatic carbocycles. The highest BCUT2D eigenvalue weighted by Crippen LogP contribution is 2.23. The Hall–Kier alpha value is -2.39.